The second-order valence-corrected chi connectivity index (χ2v) is 6.64. The Hall–Kier alpha value is -4.16. The van der Waals surface area contributed by atoms with E-state index in [1.165, 1.54) is 0 Å². The van der Waals surface area contributed by atoms with Crippen LogP contribution >= 0.6 is 0 Å². The molecule has 0 aliphatic heterocycles. The number of nitrogens with one attached hydrogen (secondary N) is 2. The lowest BCUT2D eigenvalue weighted by molar-refractivity contribution is 0.116. The third kappa shape index (κ3) is 5.46. The van der Waals surface area contributed by atoms with E-state index >= 15 is 0 Å². The van der Waals surface area contributed by atoms with E-state index in [1.54, 1.807) is 37.6 Å². The number of pyridine rings is 1. The minimum atomic E-state index is -0.101. The molecule has 0 saturated carbocycles. The summed E-state index contributed by atoms with van der Waals surface area (Å²) in [7, 11) is 1.64. The highest BCUT2D eigenvalue weighted by atomic mass is 16.5. The van der Waals surface area contributed by atoms with E-state index in [0.717, 1.165) is 17.0 Å². The van der Waals surface area contributed by atoms with Crippen LogP contribution in [0.25, 0.3) is 17.0 Å². The summed E-state index contributed by atoms with van der Waals surface area (Å²) in [5.74, 6) is 0.0485. The van der Waals surface area contributed by atoms with E-state index in [1.807, 2.05) is 31.2 Å². The predicted octanol–water partition coefficient (Wildman–Crippen LogP) is 3.82. The zero-order valence-electron chi connectivity index (χ0n) is 17.2. The Morgan fingerprint density at radius 2 is 2.06 bits per heavy atom. The van der Waals surface area contributed by atoms with Crippen LogP contribution in [0.15, 0.2) is 59.8 Å². The van der Waals surface area contributed by atoms with Crippen LogP contribution in [-0.4, -0.2) is 22.1 Å². The number of ether oxygens (including phenoxy) is 1. The summed E-state index contributed by atoms with van der Waals surface area (Å²) < 4.78 is 5.30. The summed E-state index contributed by atoms with van der Waals surface area (Å²) in [5, 5.41) is 15.8. The van der Waals surface area contributed by atoms with Crippen molar-refractivity contribution in [3.8, 4) is 17.3 Å². The summed E-state index contributed by atoms with van der Waals surface area (Å²) in [4.78, 5) is 13.0. The second-order valence-electron chi connectivity index (χ2n) is 6.64. The van der Waals surface area contributed by atoms with Crippen molar-refractivity contribution in [3.05, 3.63) is 77.4 Å². The molecular formula is C22H22N8O. The Bertz CT molecular complexity index is 1150. The molecule has 4 N–H and O–H groups in total. The van der Waals surface area contributed by atoms with E-state index in [-0.39, 0.29) is 17.7 Å². The van der Waals surface area contributed by atoms with Gasteiger partial charge in [-0.15, -0.1) is 0 Å². The number of hydrogen-bond acceptors (Lipinski definition) is 9. The Labute approximate surface area is 180 Å². The van der Waals surface area contributed by atoms with Crippen molar-refractivity contribution in [2.75, 3.05) is 12.8 Å². The fourth-order valence-corrected chi connectivity index (χ4v) is 2.85. The Morgan fingerprint density at radius 3 is 2.81 bits per heavy atom. The molecule has 31 heavy (non-hydrogen) atoms. The average molecular weight is 414 g/mol. The van der Waals surface area contributed by atoms with Crippen molar-refractivity contribution in [2.45, 2.75) is 19.6 Å². The summed E-state index contributed by atoms with van der Waals surface area (Å²) in [6.45, 7) is 2.36. The second kappa shape index (κ2) is 10.0. The van der Waals surface area contributed by atoms with Gasteiger partial charge in [0.25, 0.3) is 0 Å². The molecule has 156 valence electrons. The minimum absolute atomic E-state index is 0.0485. The van der Waals surface area contributed by atoms with Gasteiger partial charge in [-0.25, -0.2) is 15.5 Å². The number of rotatable bonds is 8. The topological polar surface area (TPSA) is 146 Å². The third-order valence-corrected chi connectivity index (χ3v) is 4.53. The van der Waals surface area contributed by atoms with Crippen molar-refractivity contribution in [3.63, 3.8) is 0 Å². The van der Waals surface area contributed by atoms with Crippen molar-refractivity contribution < 1.29 is 4.74 Å². The van der Waals surface area contributed by atoms with Crippen molar-refractivity contribution in [2.24, 2.45) is 5.11 Å². The van der Waals surface area contributed by atoms with Crippen LogP contribution < -0.4 is 11.1 Å². The van der Waals surface area contributed by atoms with Gasteiger partial charge < -0.3 is 15.8 Å². The van der Waals surface area contributed by atoms with Gasteiger partial charge in [-0.05, 0) is 37.3 Å². The highest BCUT2D eigenvalue weighted by Gasteiger charge is 2.10. The van der Waals surface area contributed by atoms with Crippen LogP contribution in [-0.2, 0) is 11.3 Å². The van der Waals surface area contributed by atoms with E-state index < -0.39 is 0 Å². The van der Waals surface area contributed by atoms with E-state index in [0.29, 0.717) is 23.5 Å². The number of nitrogen functional groups attached to an aromatic ring is 1. The van der Waals surface area contributed by atoms with Crippen LogP contribution in [0.4, 0.5) is 5.95 Å². The van der Waals surface area contributed by atoms with Gasteiger partial charge >= 0.3 is 0 Å². The van der Waals surface area contributed by atoms with E-state index in [4.69, 9.17) is 21.3 Å². The maximum atomic E-state index is 9.12. The van der Waals surface area contributed by atoms with Crippen molar-refractivity contribution in [1.82, 2.24) is 20.3 Å². The number of benzene rings is 1. The maximum absolute atomic E-state index is 9.12. The lowest BCUT2D eigenvalue weighted by atomic mass is 10.1. The first-order valence-electron chi connectivity index (χ1n) is 9.49. The number of anilines is 1. The van der Waals surface area contributed by atoms with Gasteiger partial charge in [0.2, 0.25) is 5.95 Å². The SMILES string of the molecule is COC(C)c1cccc(CN/C=C(\N=N)c2cc(-c3cccc(C#N)c3)nc(N)n2)n1. The number of nitrogens with two attached hydrogens (primary N) is 1. The van der Waals surface area contributed by atoms with E-state index in [2.05, 4.69) is 31.5 Å². The first kappa shape index (κ1) is 21.5. The first-order chi connectivity index (χ1) is 15.0. The molecule has 1 aromatic carbocycles. The smallest absolute Gasteiger partial charge is 0.221 e. The largest absolute Gasteiger partial charge is 0.383 e. The molecule has 9 heteroatoms. The molecule has 0 spiro atoms. The minimum Gasteiger partial charge on any atom is -0.383 e. The summed E-state index contributed by atoms with van der Waals surface area (Å²) >= 11 is 0. The molecule has 0 radical (unpaired) electrons. The summed E-state index contributed by atoms with van der Waals surface area (Å²) in [6.07, 6.45) is 1.48. The molecule has 9 nitrogen and oxygen atoms in total. The monoisotopic (exact) mass is 414 g/mol. The zero-order chi connectivity index (χ0) is 22.2. The number of hydrogen-bond donors (Lipinski definition) is 3. The molecule has 0 amide bonds. The molecule has 3 rings (SSSR count). The van der Waals surface area contributed by atoms with Crippen LogP contribution in [0, 0.1) is 16.9 Å². The molecule has 1 atom stereocenters. The summed E-state index contributed by atoms with van der Waals surface area (Å²) in [5.41, 5.74) is 17.5. The molecule has 0 bridgehead atoms. The van der Waals surface area contributed by atoms with Gasteiger partial charge in [-0.1, -0.05) is 18.2 Å². The fourth-order valence-electron chi connectivity index (χ4n) is 2.85. The molecule has 2 aromatic heterocycles. The van der Waals surface area contributed by atoms with Gasteiger partial charge in [0.15, 0.2) is 0 Å². The Kier molecular flexibility index (Phi) is 6.98. The molecule has 2 heterocycles. The van der Waals surface area contributed by atoms with Gasteiger partial charge in [0.1, 0.15) is 5.70 Å². The number of nitrogens with zero attached hydrogens (tertiary/aromatic N) is 5. The Balaban J connectivity index is 1.82. The summed E-state index contributed by atoms with van der Waals surface area (Å²) in [6, 6.07) is 16.5. The highest BCUT2D eigenvalue weighted by molar-refractivity contribution is 5.69. The normalized spacial score (nSPS) is 12.1. The molecule has 0 fully saturated rings. The lowest BCUT2D eigenvalue weighted by Gasteiger charge is -2.10. The average Bonchev–Trinajstić information content (AvgIpc) is 2.81. The molecule has 3 aromatic rings. The number of aromatic nitrogens is 3. The zero-order valence-corrected chi connectivity index (χ0v) is 17.2. The van der Waals surface area contributed by atoms with E-state index in [9.17, 15) is 0 Å². The van der Waals surface area contributed by atoms with Gasteiger partial charge in [-0.3, -0.25) is 4.98 Å². The quantitative estimate of drug-likeness (QED) is 0.475. The predicted molar refractivity (Wildman–Crippen MR) is 116 cm³/mol. The van der Waals surface area contributed by atoms with Crippen LogP contribution in [0.3, 0.4) is 0 Å². The number of nitriles is 1. The van der Waals surface area contributed by atoms with Crippen molar-refractivity contribution >= 4 is 11.6 Å². The van der Waals surface area contributed by atoms with Crippen LogP contribution in [0.1, 0.15) is 35.7 Å². The van der Waals surface area contributed by atoms with Crippen molar-refractivity contribution in [1.29, 1.82) is 10.8 Å². The molecule has 0 saturated heterocycles. The molecule has 1 unspecified atom stereocenters. The lowest BCUT2D eigenvalue weighted by Crippen LogP contribution is -2.10. The van der Waals surface area contributed by atoms with Gasteiger partial charge in [-0.2, -0.15) is 10.4 Å². The van der Waals surface area contributed by atoms with Gasteiger partial charge in [0, 0.05) is 18.9 Å². The molecule has 0 aliphatic carbocycles. The maximum Gasteiger partial charge on any atom is 0.221 e. The van der Waals surface area contributed by atoms with Gasteiger partial charge in [0.05, 0.1) is 47.1 Å². The highest BCUT2D eigenvalue weighted by Crippen LogP contribution is 2.23. The van der Waals surface area contributed by atoms with Crippen LogP contribution in [0.5, 0.6) is 0 Å². The first-order valence-corrected chi connectivity index (χ1v) is 9.49. The molecular weight excluding hydrogens is 392 g/mol. The Morgan fingerprint density at radius 1 is 1.26 bits per heavy atom. The van der Waals surface area contributed by atoms with Crippen LogP contribution in [0.2, 0.25) is 0 Å². The molecule has 0 aliphatic rings. The fraction of sp³-hybridized carbons (Fsp3) is 0.182. The standard InChI is InChI=1S/C22H22N8O/c1-14(31-2)18-8-4-7-17(27-18)12-26-13-21(30-25)20-10-19(28-22(24)29-20)16-6-3-5-15(9-16)11-23/h3-10,13-14,25-26H,12H2,1-2H3,(H2,24,28,29)/b21-13-,30-25?. The number of methoxy groups -OCH3 is 1. The third-order valence-electron chi connectivity index (χ3n) is 4.53.